The summed E-state index contributed by atoms with van der Waals surface area (Å²) < 4.78 is 38.5. The molecule has 2 aromatic rings. The second-order valence-electron chi connectivity index (χ2n) is 4.28. The third kappa shape index (κ3) is 3.66. The first kappa shape index (κ1) is 14.7. The summed E-state index contributed by atoms with van der Waals surface area (Å²) in [6, 6.07) is 10.9. The minimum absolute atomic E-state index is 0.0805. The Bertz CT molecular complexity index is 594. The van der Waals surface area contributed by atoms with Crippen molar-refractivity contribution in [3.63, 3.8) is 0 Å². The molecule has 6 heteroatoms. The lowest BCUT2D eigenvalue weighted by Gasteiger charge is -2.12. The van der Waals surface area contributed by atoms with E-state index < -0.39 is 11.7 Å². The van der Waals surface area contributed by atoms with Gasteiger partial charge in [-0.3, -0.25) is 0 Å². The molecule has 2 nitrogen and oxygen atoms in total. The van der Waals surface area contributed by atoms with Gasteiger partial charge in [0.25, 0.3) is 0 Å². The summed E-state index contributed by atoms with van der Waals surface area (Å²) in [5.41, 5.74) is 6.46. The van der Waals surface area contributed by atoms with Crippen LogP contribution in [0.15, 0.2) is 46.9 Å². The van der Waals surface area contributed by atoms with E-state index in [1.54, 1.807) is 0 Å². The number of alkyl halides is 3. The average molecular weight is 345 g/mol. The first-order chi connectivity index (χ1) is 9.36. The van der Waals surface area contributed by atoms with Gasteiger partial charge in [-0.2, -0.15) is 13.2 Å². The van der Waals surface area contributed by atoms with E-state index in [-0.39, 0.29) is 5.69 Å². The van der Waals surface area contributed by atoms with Crippen molar-refractivity contribution in [2.45, 2.75) is 12.7 Å². The number of nitrogens with two attached hydrogens (primary N) is 1. The Kier molecular flexibility index (Phi) is 4.23. The average Bonchev–Trinajstić information content (AvgIpc) is 2.38. The second-order valence-corrected chi connectivity index (χ2v) is 5.20. The van der Waals surface area contributed by atoms with Gasteiger partial charge < -0.3 is 11.1 Å². The number of halogens is 4. The van der Waals surface area contributed by atoms with Crippen molar-refractivity contribution in [1.29, 1.82) is 0 Å². The monoisotopic (exact) mass is 344 g/mol. The topological polar surface area (TPSA) is 38.0 Å². The Morgan fingerprint density at radius 2 is 1.70 bits per heavy atom. The lowest BCUT2D eigenvalue weighted by atomic mass is 10.1. The summed E-state index contributed by atoms with van der Waals surface area (Å²) in [6.45, 7) is 0.489. The van der Waals surface area contributed by atoms with Crippen LogP contribution in [0, 0.1) is 0 Å². The van der Waals surface area contributed by atoms with Gasteiger partial charge in [-0.05, 0) is 35.9 Å². The van der Waals surface area contributed by atoms with Crippen LogP contribution in [-0.4, -0.2) is 0 Å². The van der Waals surface area contributed by atoms with E-state index in [0.717, 1.165) is 22.2 Å². The van der Waals surface area contributed by atoms with Crippen LogP contribution < -0.4 is 11.1 Å². The summed E-state index contributed by atoms with van der Waals surface area (Å²) in [6.07, 6.45) is -4.38. The third-order valence-corrected chi connectivity index (χ3v) is 3.30. The Morgan fingerprint density at radius 1 is 1.05 bits per heavy atom. The molecule has 0 fully saturated rings. The van der Waals surface area contributed by atoms with Crippen molar-refractivity contribution in [3.05, 3.63) is 58.1 Å². The first-order valence-electron chi connectivity index (χ1n) is 5.81. The fourth-order valence-electron chi connectivity index (χ4n) is 1.70. The fourth-order valence-corrected chi connectivity index (χ4v) is 1.96. The molecule has 0 radical (unpaired) electrons. The summed E-state index contributed by atoms with van der Waals surface area (Å²) in [5, 5.41) is 3.02. The maximum Gasteiger partial charge on any atom is 0.416 e. The van der Waals surface area contributed by atoms with Gasteiger partial charge in [-0.1, -0.05) is 28.1 Å². The van der Waals surface area contributed by atoms with Crippen LogP contribution >= 0.6 is 15.9 Å². The number of nitrogen functional groups attached to an aromatic ring is 1. The van der Waals surface area contributed by atoms with E-state index in [4.69, 9.17) is 5.73 Å². The van der Waals surface area contributed by atoms with Crippen molar-refractivity contribution >= 4 is 27.3 Å². The molecule has 2 rings (SSSR count). The lowest BCUT2D eigenvalue weighted by Crippen LogP contribution is -2.08. The molecule has 2 aromatic carbocycles. The van der Waals surface area contributed by atoms with Gasteiger partial charge in [0, 0.05) is 11.0 Å². The van der Waals surface area contributed by atoms with Crippen LogP contribution in [0.4, 0.5) is 24.5 Å². The fraction of sp³-hybridized carbons (Fsp3) is 0.143. The van der Waals surface area contributed by atoms with Gasteiger partial charge in [-0.25, -0.2) is 0 Å². The zero-order valence-corrected chi connectivity index (χ0v) is 11.9. The van der Waals surface area contributed by atoms with Crippen molar-refractivity contribution in [2.75, 3.05) is 11.1 Å². The molecular weight excluding hydrogens is 333 g/mol. The lowest BCUT2D eigenvalue weighted by molar-refractivity contribution is -0.137. The Balaban J connectivity index is 2.08. The van der Waals surface area contributed by atoms with Crippen LogP contribution in [0.25, 0.3) is 0 Å². The molecule has 0 aliphatic heterocycles. The predicted octanol–water partition coefficient (Wildman–Crippen LogP) is 4.66. The van der Waals surface area contributed by atoms with E-state index in [0.29, 0.717) is 12.2 Å². The molecule has 106 valence electrons. The van der Waals surface area contributed by atoms with E-state index in [9.17, 15) is 13.2 Å². The maximum atomic E-state index is 12.5. The molecule has 0 aromatic heterocycles. The zero-order chi connectivity index (χ0) is 14.8. The molecule has 3 N–H and O–H groups in total. The van der Waals surface area contributed by atoms with E-state index in [1.165, 1.54) is 6.07 Å². The van der Waals surface area contributed by atoms with Gasteiger partial charge in [0.1, 0.15) is 0 Å². The Labute approximate surface area is 122 Å². The maximum absolute atomic E-state index is 12.5. The van der Waals surface area contributed by atoms with Crippen LogP contribution in [0.5, 0.6) is 0 Å². The molecule has 0 bridgehead atoms. The zero-order valence-electron chi connectivity index (χ0n) is 10.3. The van der Waals surface area contributed by atoms with Crippen LogP contribution in [-0.2, 0) is 12.7 Å². The SMILES string of the molecule is Nc1cc(C(F)(F)F)ccc1NCc1ccc(Br)cc1. The Morgan fingerprint density at radius 3 is 2.25 bits per heavy atom. The van der Waals surface area contributed by atoms with Crippen molar-refractivity contribution < 1.29 is 13.2 Å². The molecule has 0 unspecified atom stereocenters. The highest BCUT2D eigenvalue weighted by molar-refractivity contribution is 9.10. The minimum atomic E-state index is -4.38. The van der Waals surface area contributed by atoms with Crippen molar-refractivity contribution in [3.8, 4) is 0 Å². The van der Waals surface area contributed by atoms with E-state index in [2.05, 4.69) is 21.2 Å². The van der Waals surface area contributed by atoms with E-state index >= 15 is 0 Å². The van der Waals surface area contributed by atoms with Crippen LogP contribution in [0.1, 0.15) is 11.1 Å². The number of hydrogen-bond donors (Lipinski definition) is 2. The number of nitrogens with one attached hydrogen (secondary N) is 1. The third-order valence-electron chi connectivity index (χ3n) is 2.78. The van der Waals surface area contributed by atoms with Gasteiger partial charge in [0.2, 0.25) is 0 Å². The summed E-state index contributed by atoms with van der Waals surface area (Å²) in [5.74, 6) is 0. The molecule has 0 aliphatic carbocycles. The van der Waals surface area contributed by atoms with Crippen LogP contribution in [0.3, 0.4) is 0 Å². The molecule has 0 spiro atoms. The van der Waals surface area contributed by atoms with Crippen molar-refractivity contribution in [2.24, 2.45) is 0 Å². The number of hydrogen-bond acceptors (Lipinski definition) is 2. The summed E-state index contributed by atoms with van der Waals surface area (Å²) in [7, 11) is 0. The number of rotatable bonds is 3. The molecular formula is C14H12BrF3N2. The number of benzene rings is 2. The molecule has 0 saturated heterocycles. The Hall–Kier alpha value is -1.69. The van der Waals surface area contributed by atoms with Gasteiger partial charge in [0.05, 0.1) is 16.9 Å². The smallest absolute Gasteiger partial charge is 0.397 e. The minimum Gasteiger partial charge on any atom is -0.397 e. The second kappa shape index (κ2) is 5.75. The molecule has 0 amide bonds. The van der Waals surface area contributed by atoms with E-state index in [1.807, 2.05) is 24.3 Å². The normalized spacial score (nSPS) is 11.4. The molecule has 0 heterocycles. The largest absolute Gasteiger partial charge is 0.416 e. The number of anilines is 2. The molecule has 0 aliphatic rings. The standard InChI is InChI=1S/C14H12BrF3N2/c15-11-4-1-9(2-5-11)8-20-13-6-3-10(7-12(13)19)14(16,17)18/h1-7,20H,8,19H2. The van der Waals surface area contributed by atoms with Gasteiger partial charge in [-0.15, -0.1) is 0 Å². The van der Waals surface area contributed by atoms with Gasteiger partial charge >= 0.3 is 6.18 Å². The van der Waals surface area contributed by atoms with Gasteiger partial charge in [0.15, 0.2) is 0 Å². The molecule has 0 saturated carbocycles. The molecule has 0 atom stereocenters. The first-order valence-corrected chi connectivity index (χ1v) is 6.60. The molecule has 20 heavy (non-hydrogen) atoms. The highest BCUT2D eigenvalue weighted by Crippen LogP contribution is 2.32. The summed E-state index contributed by atoms with van der Waals surface area (Å²) >= 11 is 3.33. The highest BCUT2D eigenvalue weighted by Gasteiger charge is 2.30. The highest BCUT2D eigenvalue weighted by atomic mass is 79.9. The predicted molar refractivity (Wildman–Crippen MR) is 77.3 cm³/mol. The van der Waals surface area contributed by atoms with Crippen LogP contribution in [0.2, 0.25) is 0 Å². The summed E-state index contributed by atoms with van der Waals surface area (Å²) in [4.78, 5) is 0. The van der Waals surface area contributed by atoms with Crippen molar-refractivity contribution in [1.82, 2.24) is 0 Å². The quantitative estimate of drug-likeness (QED) is 0.794.